The van der Waals surface area contributed by atoms with Crippen molar-refractivity contribution in [3.05, 3.63) is 53.6 Å². The molecule has 20 heavy (non-hydrogen) atoms. The minimum atomic E-state index is -0.188. The molecule has 3 rings (SSSR count). The van der Waals surface area contributed by atoms with Crippen LogP contribution < -0.4 is 4.90 Å². The second-order valence-corrected chi connectivity index (χ2v) is 5.46. The quantitative estimate of drug-likeness (QED) is 0.837. The number of hydrogen-bond acceptors (Lipinski definition) is 3. The Hall–Kier alpha value is -1.97. The molecule has 4 heteroatoms. The number of aryl methyl sites for hydroxylation is 1. The second-order valence-electron chi connectivity index (χ2n) is 5.46. The zero-order valence-corrected chi connectivity index (χ0v) is 11.8. The lowest BCUT2D eigenvalue weighted by Crippen LogP contribution is -2.26. The lowest BCUT2D eigenvalue weighted by Gasteiger charge is -2.27. The van der Waals surface area contributed by atoms with Crippen molar-refractivity contribution in [2.24, 2.45) is 5.92 Å². The summed E-state index contributed by atoms with van der Waals surface area (Å²) in [5.74, 6) is 1.01. The summed E-state index contributed by atoms with van der Waals surface area (Å²) in [4.78, 5) is 11.1. The lowest BCUT2D eigenvalue weighted by atomic mass is 9.95. The summed E-state index contributed by atoms with van der Waals surface area (Å²) in [5.41, 5.74) is 1.95. The molecule has 1 aromatic heterocycles. The van der Waals surface area contributed by atoms with Gasteiger partial charge in [0.25, 0.3) is 0 Å². The van der Waals surface area contributed by atoms with Crippen LogP contribution >= 0.6 is 0 Å². The molecule has 104 valence electrons. The van der Waals surface area contributed by atoms with E-state index >= 15 is 0 Å². The average molecular weight is 271 g/mol. The molecule has 1 aromatic carbocycles. The standard InChI is InChI=1S/C16H18FN3/c1-11-7-9-20(16-18-8-6-12(2)19-16)15(11)13-4-3-5-14(17)10-13/h3-6,8,10-11,15H,7,9H2,1-2H3. The van der Waals surface area contributed by atoms with Crippen LogP contribution in [0.5, 0.6) is 0 Å². The van der Waals surface area contributed by atoms with Crippen molar-refractivity contribution >= 4 is 5.95 Å². The third-order valence-electron chi connectivity index (χ3n) is 3.93. The van der Waals surface area contributed by atoms with Gasteiger partial charge >= 0.3 is 0 Å². The van der Waals surface area contributed by atoms with Gasteiger partial charge in [0.2, 0.25) is 5.95 Å². The minimum Gasteiger partial charge on any atom is -0.333 e. The molecule has 1 aliphatic heterocycles. The Bertz CT molecular complexity index is 614. The molecule has 1 saturated heterocycles. The first-order valence-electron chi connectivity index (χ1n) is 6.97. The minimum absolute atomic E-state index is 0.146. The van der Waals surface area contributed by atoms with E-state index in [0.717, 1.165) is 30.2 Å². The molecule has 2 unspecified atom stereocenters. The molecule has 0 aliphatic carbocycles. The van der Waals surface area contributed by atoms with Crippen LogP contribution in [-0.2, 0) is 0 Å². The highest BCUT2D eigenvalue weighted by atomic mass is 19.1. The number of anilines is 1. The van der Waals surface area contributed by atoms with Crippen LogP contribution in [0.25, 0.3) is 0 Å². The van der Waals surface area contributed by atoms with Crippen molar-refractivity contribution in [3.63, 3.8) is 0 Å². The summed E-state index contributed by atoms with van der Waals surface area (Å²) < 4.78 is 13.5. The Morgan fingerprint density at radius 1 is 1.30 bits per heavy atom. The number of rotatable bonds is 2. The van der Waals surface area contributed by atoms with Crippen LogP contribution in [0.2, 0.25) is 0 Å². The van der Waals surface area contributed by atoms with E-state index in [1.165, 1.54) is 6.07 Å². The number of halogens is 1. The van der Waals surface area contributed by atoms with E-state index in [1.54, 1.807) is 18.3 Å². The largest absolute Gasteiger partial charge is 0.333 e. The Kier molecular flexibility index (Phi) is 3.38. The maximum atomic E-state index is 13.5. The summed E-state index contributed by atoms with van der Waals surface area (Å²) in [6.07, 6.45) is 2.85. The molecular formula is C16H18FN3. The topological polar surface area (TPSA) is 29.0 Å². The zero-order valence-electron chi connectivity index (χ0n) is 11.8. The van der Waals surface area contributed by atoms with E-state index in [9.17, 15) is 4.39 Å². The van der Waals surface area contributed by atoms with Crippen LogP contribution in [-0.4, -0.2) is 16.5 Å². The first-order chi connectivity index (χ1) is 9.65. The Morgan fingerprint density at radius 2 is 2.15 bits per heavy atom. The van der Waals surface area contributed by atoms with E-state index in [4.69, 9.17) is 0 Å². The van der Waals surface area contributed by atoms with Crippen molar-refractivity contribution in [1.82, 2.24) is 9.97 Å². The first-order valence-corrected chi connectivity index (χ1v) is 6.97. The van der Waals surface area contributed by atoms with Gasteiger partial charge in [0.05, 0.1) is 6.04 Å². The highest BCUT2D eigenvalue weighted by molar-refractivity contribution is 5.39. The summed E-state index contributed by atoms with van der Waals surface area (Å²) in [6.45, 7) is 5.07. The van der Waals surface area contributed by atoms with E-state index < -0.39 is 0 Å². The van der Waals surface area contributed by atoms with Gasteiger partial charge < -0.3 is 4.90 Å². The van der Waals surface area contributed by atoms with Crippen molar-refractivity contribution in [3.8, 4) is 0 Å². The summed E-state index contributed by atoms with van der Waals surface area (Å²) in [5, 5.41) is 0. The van der Waals surface area contributed by atoms with Gasteiger partial charge in [-0.1, -0.05) is 19.1 Å². The van der Waals surface area contributed by atoms with Crippen LogP contribution in [0.15, 0.2) is 36.5 Å². The maximum Gasteiger partial charge on any atom is 0.226 e. The second kappa shape index (κ2) is 5.19. The average Bonchev–Trinajstić information content (AvgIpc) is 2.80. The van der Waals surface area contributed by atoms with Crippen LogP contribution in [0.3, 0.4) is 0 Å². The van der Waals surface area contributed by atoms with E-state index in [0.29, 0.717) is 5.92 Å². The Balaban J connectivity index is 1.98. The molecule has 0 saturated carbocycles. The highest BCUT2D eigenvalue weighted by Crippen LogP contribution is 2.38. The molecule has 3 nitrogen and oxygen atoms in total. The summed E-state index contributed by atoms with van der Waals surface area (Å²) in [7, 11) is 0. The van der Waals surface area contributed by atoms with E-state index in [1.807, 2.05) is 19.1 Å². The van der Waals surface area contributed by atoms with Gasteiger partial charge in [0, 0.05) is 18.4 Å². The molecular weight excluding hydrogens is 253 g/mol. The van der Waals surface area contributed by atoms with Gasteiger partial charge in [-0.25, -0.2) is 14.4 Å². The normalized spacial score (nSPS) is 22.2. The van der Waals surface area contributed by atoms with Crippen LogP contribution in [0.4, 0.5) is 10.3 Å². The van der Waals surface area contributed by atoms with Gasteiger partial charge in [-0.2, -0.15) is 0 Å². The van der Waals surface area contributed by atoms with Crippen molar-refractivity contribution in [1.29, 1.82) is 0 Å². The lowest BCUT2D eigenvalue weighted by molar-refractivity contribution is 0.524. The molecule has 2 aromatic rings. The van der Waals surface area contributed by atoms with E-state index in [2.05, 4.69) is 21.8 Å². The predicted molar refractivity (Wildman–Crippen MR) is 77.0 cm³/mol. The van der Waals surface area contributed by atoms with Gasteiger partial charge in [-0.05, 0) is 43.0 Å². The third kappa shape index (κ3) is 2.38. The van der Waals surface area contributed by atoms with Gasteiger partial charge in [-0.15, -0.1) is 0 Å². The van der Waals surface area contributed by atoms with E-state index in [-0.39, 0.29) is 11.9 Å². The number of aromatic nitrogens is 2. The molecule has 0 radical (unpaired) electrons. The molecule has 1 aliphatic rings. The molecule has 1 fully saturated rings. The third-order valence-corrected chi connectivity index (χ3v) is 3.93. The predicted octanol–water partition coefficient (Wildman–Crippen LogP) is 3.51. The molecule has 0 amide bonds. The smallest absolute Gasteiger partial charge is 0.226 e. The van der Waals surface area contributed by atoms with Crippen LogP contribution in [0, 0.1) is 18.7 Å². The molecule has 2 heterocycles. The molecule has 0 bridgehead atoms. The number of benzene rings is 1. The zero-order chi connectivity index (χ0) is 14.1. The summed E-state index contributed by atoms with van der Waals surface area (Å²) >= 11 is 0. The monoisotopic (exact) mass is 271 g/mol. The first kappa shape index (κ1) is 13.0. The number of nitrogens with zero attached hydrogens (tertiary/aromatic N) is 3. The Morgan fingerprint density at radius 3 is 2.90 bits per heavy atom. The van der Waals surface area contributed by atoms with Gasteiger partial charge in [-0.3, -0.25) is 0 Å². The molecule has 0 spiro atoms. The fourth-order valence-electron chi connectivity index (χ4n) is 2.94. The fraction of sp³-hybridized carbons (Fsp3) is 0.375. The highest BCUT2D eigenvalue weighted by Gasteiger charge is 2.34. The van der Waals surface area contributed by atoms with Crippen molar-refractivity contribution < 1.29 is 4.39 Å². The van der Waals surface area contributed by atoms with Gasteiger partial charge in [0.15, 0.2) is 0 Å². The van der Waals surface area contributed by atoms with Crippen molar-refractivity contribution in [2.45, 2.75) is 26.3 Å². The summed E-state index contributed by atoms with van der Waals surface area (Å²) in [6, 6.07) is 8.89. The number of hydrogen-bond donors (Lipinski definition) is 0. The maximum absolute atomic E-state index is 13.5. The van der Waals surface area contributed by atoms with Crippen LogP contribution in [0.1, 0.15) is 30.6 Å². The molecule has 0 N–H and O–H groups in total. The van der Waals surface area contributed by atoms with Crippen molar-refractivity contribution in [2.75, 3.05) is 11.4 Å². The molecule has 2 atom stereocenters. The SMILES string of the molecule is Cc1ccnc(N2CCC(C)C2c2cccc(F)c2)n1. The van der Waals surface area contributed by atoms with Gasteiger partial charge in [0.1, 0.15) is 5.82 Å². The fourth-order valence-corrected chi connectivity index (χ4v) is 2.94. The Labute approximate surface area is 118 Å².